The second kappa shape index (κ2) is 6.85. The van der Waals surface area contributed by atoms with Gasteiger partial charge in [0.2, 0.25) is 5.91 Å². The van der Waals surface area contributed by atoms with Gasteiger partial charge >= 0.3 is 0 Å². The summed E-state index contributed by atoms with van der Waals surface area (Å²) in [4.78, 5) is 15.9. The van der Waals surface area contributed by atoms with Crippen LogP contribution in [-0.2, 0) is 4.79 Å². The molecule has 0 unspecified atom stereocenters. The number of carbonyl (C=O) groups is 1. The zero-order valence-electron chi connectivity index (χ0n) is 11.6. The molecule has 1 saturated heterocycles. The third-order valence-electron chi connectivity index (χ3n) is 3.56. The normalized spacial score (nSPS) is 19.1. The Balaban J connectivity index is 2.11. The Bertz CT molecular complexity index is 498. The van der Waals surface area contributed by atoms with Crippen LogP contribution >= 0.6 is 34.2 Å². The van der Waals surface area contributed by atoms with E-state index < -0.39 is 0 Å². The SMILES string of the molecule is COc1cc(N2CCN(C(=O)CCl)[C@@H](C)C2)ccc1I. The number of halogens is 2. The molecule has 1 amide bonds. The number of benzene rings is 1. The topological polar surface area (TPSA) is 32.8 Å². The number of nitrogens with zero attached hydrogens (tertiary/aromatic N) is 2. The van der Waals surface area contributed by atoms with Gasteiger partial charge in [-0.15, -0.1) is 11.6 Å². The summed E-state index contributed by atoms with van der Waals surface area (Å²) in [5.41, 5.74) is 1.13. The number of hydrogen-bond donors (Lipinski definition) is 0. The van der Waals surface area contributed by atoms with Gasteiger partial charge < -0.3 is 14.5 Å². The zero-order chi connectivity index (χ0) is 14.7. The van der Waals surface area contributed by atoms with Crippen molar-refractivity contribution in [3.8, 4) is 5.75 Å². The van der Waals surface area contributed by atoms with Crippen molar-refractivity contribution in [2.24, 2.45) is 0 Å². The summed E-state index contributed by atoms with van der Waals surface area (Å²) in [7, 11) is 1.68. The predicted molar refractivity (Wildman–Crippen MR) is 89.8 cm³/mol. The van der Waals surface area contributed by atoms with Crippen molar-refractivity contribution in [3.05, 3.63) is 21.8 Å². The molecule has 20 heavy (non-hydrogen) atoms. The first-order valence-electron chi connectivity index (χ1n) is 6.50. The van der Waals surface area contributed by atoms with E-state index in [0.717, 1.165) is 28.1 Å². The number of ether oxygens (including phenoxy) is 1. The van der Waals surface area contributed by atoms with Crippen LogP contribution < -0.4 is 9.64 Å². The fraction of sp³-hybridized carbons (Fsp3) is 0.500. The Kier molecular flexibility index (Phi) is 5.37. The van der Waals surface area contributed by atoms with Crippen LogP contribution in [0.25, 0.3) is 0 Å². The molecule has 0 N–H and O–H groups in total. The molecule has 1 fully saturated rings. The molecule has 1 atom stereocenters. The molecule has 0 bridgehead atoms. The molecule has 1 aromatic carbocycles. The average Bonchev–Trinajstić information content (AvgIpc) is 2.47. The standard InChI is InChI=1S/C14H18ClIN2O2/c1-10-9-17(5-6-18(10)14(19)8-15)11-3-4-12(16)13(7-11)20-2/h3-4,7,10H,5-6,8-9H2,1-2H3/t10-/m0/s1. The molecule has 110 valence electrons. The summed E-state index contributed by atoms with van der Waals surface area (Å²) in [6.45, 7) is 4.39. The van der Waals surface area contributed by atoms with E-state index in [1.165, 1.54) is 0 Å². The third-order valence-corrected chi connectivity index (χ3v) is 4.68. The Hall–Kier alpha value is -0.690. The summed E-state index contributed by atoms with van der Waals surface area (Å²) in [5.74, 6) is 0.954. The number of methoxy groups -OCH3 is 1. The van der Waals surface area contributed by atoms with E-state index >= 15 is 0 Å². The van der Waals surface area contributed by atoms with E-state index in [-0.39, 0.29) is 17.8 Å². The van der Waals surface area contributed by atoms with E-state index in [1.807, 2.05) is 11.0 Å². The summed E-state index contributed by atoms with van der Waals surface area (Å²) in [5, 5.41) is 0. The highest BCUT2D eigenvalue weighted by Gasteiger charge is 2.27. The molecular formula is C14H18ClIN2O2. The molecule has 0 saturated carbocycles. The molecule has 0 spiro atoms. The number of hydrogen-bond acceptors (Lipinski definition) is 3. The largest absolute Gasteiger partial charge is 0.496 e. The minimum Gasteiger partial charge on any atom is -0.496 e. The number of amides is 1. The third kappa shape index (κ3) is 3.31. The molecule has 1 aromatic rings. The lowest BCUT2D eigenvalue weighted by Crippen LogP contribution is -2.54. The molecule has 1 aliphatic rings. The van der Waals surface area contributed by atoms with Crippen molar-refractivity contribution in [2.45, 2.75) is 13.0 Å². The van der Waals surface area contributed by atoms with Gasteiger partial charge in [-0.05, 0) is 41.6 Å². The number of carbonyl (C=O) groups excluding carboxylic acids is 1. The van der Waals surface area contributed by atoms with Crippen molar-refractivity contribution >= 4 is 45.8 Å². The lowest BCUT2D eigenvalue weighted by Gasteiger charge is -2.40. The van der Waals surface area contributed by atoms with Crippen molar-refractivity contribution in [3.63, 3.8) is 0 Å². The second-order valence-corrected chi connectivity index (χ2v) is 6.26. The maximum atomic E-state index is 11.7. The highest BCUT2D eigenvalue weighted by molar-refractivity contribution is 14.1. The van der Waals surface area contributed by atoms with Crippen molar-refractivity contribution in [2.75, 3.05) is 37.5 Å². The zero-order valence-corrected chi connectivity index (χ0v) is 14.5. The second-order valence-electron chi connectivity index (χ2n) is 4.83. The fourth-order valence-electron chi connectivity index (χ4n) is 2.48. The highest BCUT2D eigenvalue weighted by atomic mass is 127. The molecule has 0 aromatic heterocycles. The Labute approximate surface area is 138 Å². The summed E-state index contributed by atoms with van der Waals surface area (Å²) in [6, 6.07) is 6.36. The lowest BCUT2D eigenvalue weighted by molar-refractivity contribution is -0.130. The molecule has 2 rings (SSSR count). The summed E-state index contributed by atoms with van der Waals surface area (Å²) in [6.07, 6.45) is 0. The van der Waals surface area contributed by atoms with E-state index in [1.54, 1.807) is 7.11 Å². The average molecular weight is 409 g/mol. The summed E-state index contributed by atoms with van der Waals surface area (Å²) < 4.78 is 6.46. The first-order chi connectivity index (χ1) is 9.56. The van der Waals surface area contributed by atoms with Crippen molar-refractivity contribution in [1.29, 1.82) is 0 Å². The number of piperazine rings is 1. The van der Waals surface area contributed by atoms with Crippen LogP contribution in [0, 0.1) is 3.57 Å². The number of rotatable bonds is 3. The van der Waals surface area contributed by atoms with Gasteiger partial charge in [0.15, 0.2) is 0 Å². The van der Waals surface area contributed by atoms with Crippen molar-refractivity contribution < 1.29 is 9.53 Å². The van der Waals surface area contributed by atoms with Gasteiger partial charge in [0, 0.05) is 37.4 Å². The maximum absolute atomic E-state index is 11.7. The first kappa shape index (κ1) is 15.7. The maximum Gasteiger partial charge on any atom is 0.237 e. The molecular weight excluding hydrogens is 391 g/mol. The van der Waals surface area contributed by atoms with Gasteiger partial charge in [-0.1, -0.05) is 0 Å². The molecule has 0 aliphatic carbocycles. The highest BCUT2D eigenvalue weighted by Crippen LogP contribution is 2.28. The minimum absolute atomic E-state index is 0.0130. The first-order valence-corrected chi connectivity index (χ1v) is 8.12. The Morgan fingerprint density at radius 3 is 2.85 bits per heavy atom. The molecule has 6 heteroatoms. The van der Waals surface area contributed by atoms with E-state index in [2.05, 4.69) is 46.5 Å². The van der Waals surface area contributed by atoms with Crippen LogP contribution in [0.15, 0.2) is 18.2 Å². The van der Waals surface area contributed by atoms with Crippen LogP contribution in [0.5, 0.6) is 5.75 Å². The monoisotopic (exact) mass is 408 g/mol. The molecule has 1 heterocycles. The Morgan fingerprint density at radius 2 is 2.25 bits per heavy atom. The van der Waals surface area contributed by atoms with Crippen LogP contribution in [0.2, 0.25) is 0 Å². The molecule has 0 radical (unpaired) electrons. The van der Waals surface area contributed by atoms with Crippen LogP contribution in [0.3, 0.4) is 0 Å². The number of anilines is 1. The van der Waals surface area contributed by atoms with Gasteiger partial charge in [-0.2, -0.15) is 0 Å². The van der Waals surface area contributed by atoms with E-state index in [0.29, 0.717) is 6.54 Å². The molecule has 4 nitrogen and oxygen atoms in total. The van der Waals surface area contributed by atoms with Gasteiger partial charge in [0.05, 0.1) is 10.7 Å². The minimum atomic E-state index is 0.0130. The Morgan fingerprint density at radius 1 is 1.50 bits per heavy atom. The predicted octanol–water partition coefficient (Wildman–Crippen LogP) is 2.58. The van der Waals surface area contributed by atoms with E-state index in [4.69, 9.17) is 16.3 Å². The smallest absolute Gasteiger partial charge is 0.237 e. The van der Waals surface area contributed by atoms with Gasteiger partial charge in [-0.25, -0.2) is 0 Å². The van der Waals surface area contributed by atoms with Crippen molar-refractivity contribution in [1.82, 2.24) is 4.90 Å². The van der Waals surface area contributed by atoms with Crippen LogP contribution in [-0.4, -0.2) is 49.5 Å². The van der Waals surface area contributed by atoms with E-state index in [9.17, 15) is 4.79 Å². The lowest BCUT2D eigenvalue weighted by atomic mass is 10.1. The summed E-state index contributed by atoms with van der Waals surface area (Å²) >= 11 is 7.90. The van der Waals surface area contributed by atoms with Gasteiger partial charge in [-0.3, -0.25) is 4.79 Å². The van der Waals surface area contributed by atoms with Crippen LogP contribution in [0.1, 0.15) is 6.92 Å². The van der Waals surface area contributed by atoms with Crippen LogP contribution in [0.4, 0.5) is 5.69 Å². The quantitative estimate of drug-likeness (QED) is 0.569. The number of alkyl halides is 1. The fourth-order valence-corrected chi connectivity index (χ4v) is 3.19. The van der Waals surface area contributed by atoms with Gasteiger partial charge in [0.1, 0.15) is 11.6 Å². The molecule has 1 aliphatic heterocycles. The van der Waals surface area contributed by atoms with Gasteiger partial charge in [0.25, 0.3) is 0 Å².